The number of hydrogen-bond donors (Lipinski definition) is 1. The summed E-state index contributed by atoms with van der Waals surface area (Å²) in [6.45, 7) is 1.35. The summed E-state index contributed by atoms with van der Waals surface area (Å²) in [5.74, 6) is 1.47. The monoisotopic (exact) mass is 366 g/mol. The number of aromatic nitrogens is 2. The van der Waals surface area contributed by atoms with Gasteiger partial charge < -0.3 is 19.2 Å². The van der Waals surface area contributed by atoms with Gasteiger partial charge in [-0.1, -0.05) is 18.2 Å². The van der Waals surface area contributed by atoms with Gasteiger partial charge in [-0.3, -0.25) is 9.59 Å². The molecule has 0 fully saturated rings. The van der Waals surface area contributed by atoms with Gasteiger partial charge in [0.2, 0.25) is 0 Å². The molecule has 0 amide bonds. The maximum Gasteiger partial charge on any atom is 0.308 e. The van der Waals surface area contributed by atoms with E-state index in [1.165, 1.54) is 21.1 Å². The second-order valence-electron chi connectivity index (χ2n) is 5.67. The van der Waals surface area contributed by atoms with Crippen molar-refractivity contribution in [3.05, 3.63) is 58.1 Å². The summed E-state index contributed by atoms with van der Waals surface area (Å²) in [5.41, 5.74) is 1.09. The van der Waals surface area contributed by atoms with Crippen molar-refractivity contribution in [1.29, 1.82) is 0 Å². The molecule has 7 heteroatoms. The van der Waals surface area contributed by atoms with Gasteiger partial charge in [0.25, 0.3) is 5.56 Å². The summed E-state index contributed by atoms with van der Waals surface area (Å²) in [6.07, 6.45) is 3.49. The summed E-state index contributed by atoms with van der Waals surface area (Å²) in [4.78, 5) is 30.5. The van der Waals surface area contributed by atoms with Gasteiger partial charge >= 0.3 is 5.97 Å². The summed E-state index contributed by atoms with van der Waals surface area (Å²) >= 11 is 0. The van der Waals surface area contributed by atoms with E-state index in [0.717, 1.165) is 5.56 Å². The van der Waals surface area contributed by atoms with Crippen LogP contribution in [0.2, 0.25) is 0 Å². The number of carbonyl (C=O) groups is 1. The lowest BCUT2D eigenvalue weighted by molar-refractivity contribution is -0.131. The van der Waals surface area contributed by atoms with Crippen LogP contribution in [0.1, 0.15) is 18.3 Å². The van der Waals surface area contributed by atoms with Crippen molar-refractivity contribution in [1.82, 2.24) is 9.97 Å². The number of benzene rings is 2. The number of aromatic amines is 1. The largest absolute Gasteiger partial charge is 0.493 e. The molecule has 0 saturated carbocycles. The van der Waals surface area contributed by atoms with Gasteiger partial charge in [-0.25, -0.2) is 4.98 Å². The Morgan fingerprint density at radius 1 is 1.04 bits per heavy atom. The van der Waals surface area contributed by atoms with Gasteiger partial charge in [0.1, 0.15) is 11.6 Å². The first kappa shape index (κ1) is 18.2. The van der Waals surface area contributed by atoms with E-state index in [-0.39, 0.29) is 11.5 Å². The first-order valence-electron chi connectivity index (χ1n) is 8.13. The molecule has 138 valence electrons. The maximum absolute atomic E-state index is 12.4. The summed E-state index contributed by atoms with van der Waals surface area (Å²) in [7, 11) is 3.03. The highest BCUT2D eigenvalue weighted by atomic mass is 16.5. The Kier molecular flexibility index (Phi) is 5.21. The van der Waals surface area contributed by atoms with E-state index in [2.05, 4.69) is 9.97 Å². The molecule has 27 heavy (non-hydrogen) atoms. The van der Waals surface area contributed by atoms with E-state index in [9.17, 15) is 9.59 Å². The Bertz CT molecular complexity index is 1070. The molecular formula is C20H18N2O5. The molecule has 1 N–H and O–H groups in total. The van der Waals surface area contributed by atoms with Crippen LogP contribution in [0.4, 0.5) is 0 Å². The van der Waals surface area contributed by atoms with Gasteiger partial charge in [0, 0.05) is 13.0 Å². The first-order chi connectivity index (χ1) is 13.0. The zero-order chi connectivity index (χ0) is 19.4. The fourth-order valence-electron chi connectivity index (χ4n) is 2.55. The predicted octanol–water partition coefficient (Wildman–Crippen LogP) is 3.04. The Morgan fingerprint density at radius 3 is 2.33 bits per heavy atom. The number of nitrogens with one attached hydrogen (secondary N) is 1. The Labute approximate surface area is 155 Å². The Morgan fingerprint density at radius 2 is 1.70 bits per heavy atom. The molecule has 1 heterocycles. The number of nitrogens with zero attached hydrogens (tertiary/aromatic N) is 1. The molecule has 1 aromatic heterocycles. The highest BCUT2D eigenvalue weighted by Crippen LogP contribution is 2.30. The van der Waals surface area contributed by atoms with Crippen molar-refractivity contribution in [3.8, 4) is 17.2 Å². The molecule has 0 aliphatic rings. The highest BCUT2D eigenvalue weighted by molar-refractivity contribution is 5.83. The second kappa shape index (κ2) is 7.74. The van der Waals surface area contributed by atoms with E-state index >= 15 is 0 Å². The number of rotatable bonds is 5. The minimum atomic E-state index is -0.372. The van der Waals surface area contributed by atoms with E-state index in [1.807, 2.05) is 0 Å². The van der Waals surface area contributed by atoms with Crippen LogP contribution < -0.4 is 19.8 Å². The molecule has 0 spiro atoms. The molecule has 0 bridgehead atoms. The van der Waals surface area contributed by atoms with E-state index in [0.29, 0.717) is 34.0 Å². The minimum absolute atomic E-state index is 0.272. The molecule has 7 nitrogen and oxygen atoms in total. The Balaban J connectivity index is 1.91. The topological polar surface area (TPSA) is 90.5 Å². The lowest BCUT2D eigenvalue weighted by atomic mass is 10.2. The number of H-pyrrole nitrogens is 1. The number of fused-ring (bicyclic) bond motifs is 1. The highest BCUT2D eigenvalue weighted by Gasteiger charge is 2.10. The van der Waals surface area contributed by atoms with E-state index in [4.69, 9.17) is 14.2 Å². The predicted molar refractivity (Wildman–Crippen MR) is 102 cm³/mol. The summed E-state index contributed by atoms with van der Waals surface area (Å²) in [5, 5.41) is 0.413. The lowest BCUT2D eigenvalue weighted by Gasteiger charge is -2.08. The van der Waals surface area contributed by atoms with Crippen LogP contribution in [0, 0.1) is 0 Å². The normalized spacial score (nSPS) is 10.9. The second-order valence-corrected chi connectivity index (χ2v) is 5.67. The van der Waals surface area contributed by atoms with Gasteiger partial charge in [-0.15, -0.1) is 0 Å². The van der Waals surface area contributed by atoms with Crippen molar-refractivity contribution in [2.75, 3.05) is 14.2 Å². The minimum Gasteiger partial charge on any atom is -0.493 e. The van der Waals surface area contributed by atoms with Gasteiger partial charge in [0.05, 0.1) is 25.1 Å². The Hall–Kier alpha value is -3.61. The lowest BCUT2D eigenvalue weighted by Crippen LogP contribution is -2.10. The maximum atomic E-state index is 12.4. The SMILES string of the molecule is COc1cc2nc(/C=C/c3ccc(OC(C)=O)cc3)[nH]c(=O)c2cc1OC. The zero-order valence-electron chi connectivity index (χ0n) is 15.1. The molecule has 3 rings (SSSR count). The fourth-order valence-corrected chi connectivity index (χ4v) is 2.55. The number of carbonyl (C=O) groups excluding carboxylic acids is 1. The van der Waals surface area contributed by atoms with Crippen LogP contribution in [0.3, 0.4) is 0 Å². The van der Waals surface area contributed by atoms with Crippen molar-refractivity contribution in [2.45, 2.75) is 6.92 Å². The van der Waals surface area contributed by atoms with Gasteiger partial charge in [-0.05, 0) is 29.8 Å². The average molecular weight is 366 g/mol. The van der Waals surface area contributed by atoms with E-state index in [1.54, 1.807) is 48.6 Å². The molecular weight excluding hydrogens is 348 g/mol. The third-order valence-electron chi connectivity index (χ3n) is 3.80. The van der Waals surface area contributed by atoms with Crippen molar-refractivity contribution < 1.29 is 19.0 Å². The van der Waals surface area contributed by atoms with Crippen molar-refractivity contribution in [2.24, 2.45) is 0 Å². The molecule has 3 aromatic rings. The number of hydrogen-bond acceptors (Lipinski definition) is 6. The van der Waals surface area contributed by atoms with Crippen LogP contribution in [-0.4, -0.2) is 30.2 Å². The van der Waals surface area contributed by atoms with Crippen LogP contribution in [0.25, 0.3) is 23.1 Å². The standard InChI is InChI=1S/C20H18N2O5/c1-12(23)27-14-7-4-13(5-8-14)6-9-19-21-16-11-18(26-3)17(25-2)10-15(16)20(24)22-19/h4-11H,1-3H3,(H,21,22,24)/b9-6+. The molecule has 0 atom stereocenters. The van der Waals surface area contributed by atoms with Crippen LogP contribution >= 0.6 is 0 Å². The molecule has 2 aromatic carbocycles. The average Bonchev–Trinajstić information content (AvgIpc) is 2.66. The number of ether oxygens (including phenoxy) is 3. The van der Waals surface area contributed by atoms with Crippen molar-refractivity contribution in [3.63, 3.8) is 0 Å². The molecule has 0 aliphatic heterocycles. The van der Waals surface area contributed by atoms with Crippen molar-refractivity contribution >= 4 is 29.0 Å². The van der Waals surface area contributed by atoms with E-state index < -0.39 is 0 Å². The zero-order valence-corrected chi connectivity index (χ0v) is 15.1. The fraction of sp³-hybridized carbons (Fsp3) is 0.150. The van der Waals surface area contributed by atoms with Crippen LogP contribution in [0.15, 0.2) is 41.2 Å². The quantitative estimate of drug-likeness (QED) is 0.551. The van der Waals surface area contributed by atoms with Crippen LogP contribution in [-0.2, 0) is 4.79 Å². The number of methoxy groups -OCH3 is 2. The van der Waals surface area contributed by atoms with Gasteiger partial charge in [-0.2, -0.15) is 0 Å². The third kappa shape index (κ3) is 4.14. The summed E-state index contributed by atoms with van der Waals surface area (Å²) < 4.78 is 15.5. The van der Waals surface area contributed by atoms with Gasteiger partial charge in [0.15, 0.2) is 11.5 Å². The molecule has 0 saturated heterocycles. The van der Waals surface area contributed by atoms with Crippen LogP contribution in [0.5, 0.6) is 17.2 Å². The molecule has 0 unspecified atom stereocenters. The molecule has 0 aliphatic carbocycles. The first-order valence-corrected chi connectivity index (χ1v) is 8.13. The smallest absolute Gasteiger partial charge is 0.308 e. The molecule has 0 radical (unpaired) electrons. The number of esters is 1. The summed E-state index contributed by atoms with van der Waals surface area (Å²) in [6, 6.07) is 10.2. The third-order valence-corrected chi connectivity index (χ3v) is 3.80.